The minimum atomic E-state index is -0.819. The maximum atomic E-state index is 12.0. The molecule has 1 aliphatic heterocycles. The van der Waals surface area contributed by atoms with Crippen molar-refractivity contribution in [3.8, 4) is 0 Å². The molecule has 1 rings (SSSR count). The first kappa shape index (κ1) is 15.5. The van der Waals surface area contributed by atoms with Gasteiger partial charge in [-0.1, -0.05) is 13.3 Å². The predicted octanol–water partition coefficient (Wildman–Crippen LogP) is 0.568. The summed E-state index contributed by atoms with van der Waals surface area (Å²) in [6.45, 7) is 4.15. The maximum Gasteiger partial charge on any atom is 0.306 e. The largest absolute Gasteiger partial charge is 0.481 e. The third-order valence-corrected chi connectivity index (χ3v) is 3.51. The van der Waals surface area contributed by atoms with E-state index in [0.29, 0.717) is 39.0 Å². The van der Waals surface area contributed by atoms with Gasteiger partial charge in [0.25, 0.3) is 0 Å². The van der Waals surface area contributed by atoms with Gasteiger partial charge in [-0.15, -0.1) is 0 Å². The van der Waals surface area contributed by atoms with Gasteiger partial charge in [0.15, 0.2) is 0 Å². The number of piperazine rings is 1. The summed E-state index contributed by atoms with van der Waals surface area (Å²) in [5.41, 5.74) is 0. The van der Waals surface area contributed by atoms with Crippen molar-refractivity contribution in [2.45, 2.75) is 32.6 Å². The first-order valence-corrected chi connectivity index (χ1v) is 6.78. The summed E-state index contributed by atoms with van der Waals surface area (Å²) in [6, 6.07) is 0. The van der Waals surface area contributed by atoms with Crippen molar-refractivity contribution >= 4 is 18.3 Å². The number of aliphatic carboxylic acids is 1. The first-order valence-electron chi connectivity index (χ1n) is 6.78. The molecule has 1 fully saturated rings. The number of hydrogen-bond donors (Lipinski definition) is 1. The summed E-state index contributed by atoms with van der Waals surface area (Å²) >= 11 is 0. The Morgan fingerprint density at radius 3 is 2.32 bits per heavy atom. The lowest BCUT2D eigenvalue weighted by Crippen LogP contribution is -2.48. The molecule has 0 radical (unpaired) electrons. The molecule has 6 nitrogen and oxygen atoms in total. The van der Waals surface area contributed by atoms with Crippen LogP contribution in [0.15, 0.2) is 0 Å². The van der Waals surface area contributed by atoms with Crippen LogP contribution < -0.4 is 0 Å². The van der Waals surface area contributed by atoms with E-state index < -0.39 is 11.9 Å². The Morgan fingerprint density at radius 1 is 1.21 bits per heavy atom. The van der Waals surface area contributed by atoms with E-state index in [2.05, 4.69) is 0 Å². The van der Waals surface area contributed by atoms with Crippen molar-refractivity contribution in [3.63, 3.8) is 0 Å². The van der Waals surface area contributed by atoms with Gasteiger partial charge in [-0.3, -0.25) is 14.4 Å². The number of carboxylic acids is 1. The molecule has 6 heteroatoms. The van der Waals surface area contributed by atoms with Crippen molar-refractivity contribution in [2.75, 3.05) is 26.2 Å². The van der Waals surface area contributed by atoms with E-state index >= 15 is 0 Å². The molecule has 1 N–H and O–H groups in total. The zero-order chi connectivity index (χ0) is 14.3. The van der Waals surface area contributed by atoms with Gasteiger partial charge >= 0.3 is 5.97 Å². The zero-order valence-corrected chi connectivity index (χ0v) is 11.4. The second-order valence-electron chi connectivity index (χ2n) is 4.88. The molecule has 1 aliphatic rings. The number of carboxylic acid groups (broad SMARTS) is 1. The normalized spacial score (nSPS) is 17.1. The number of hydrogen-bond acceptors (Lipinski definition) is 3. The van der Waals surface area contributed by atoms with Crippen molar-refractivity contribution in [1.29, 1.82) is 0 Å². The van der Waals surface area contributed by atoms with Crippen molar-refractivity contribution in [1.82, 2.24) is 9.80 Å². The molecule has 0 bridgehead atoms. The summed E-state index contributed by atoms with van der Waals surface area (Å²) in [6.07, 6.45) is 2.89. The fourth-order valence-corrected chi connectivity index (χ4v) is 2.27. The molecule has 0 aromatic heterocycles. The predicted molar refractivity (Wildman–Crippen MR) is 69.5 cm³/mol. The number of carbonyl (C=O) groups is 3. The highest BCUT2D eigenvalue weighted by Gasteiger charge is 2.22. The van der Waals surface area contributed by atoms with E-state index in [1.165, 1.54) is 0 Å². The van der Waals surface area contributed by atoms with E-state index in [9.17, 15) is 14.4 Å². The number of amides is 2. The van der Waals surface area contributed by atoms with Gasteiger partial charge in [-0.25, -0.2) is 0 Å². The van der Waals surface area contributed by atoms with Gasteiger partial charge in [0.05, 0.1) is 5.92 Å². The van der Waals surface area contributed by atoms with Crippen molar-refractivity contribution in [2.24, 2.45) is 5.92 Å². The number of carbonyl (C=O) groups excluding carboxylic acids is 2. The molecule has 108 valence electrons. The Kier molecular flexibility index (Phi) is 6.32. The van der Waals surface area contributed by atoms with Gasteiger partial charge in [0, 0.05) is 32.6 Å². The van der Waals surface area contributed by atoms with Gasteiger partial charge in [0.1, 0.15) is 0 Å². The Balaban J connectivity index is 2.34. The highest BCUT2D eigenvalue weighted by molar-refractivity contribution is 5.77. The second-order valence-corrected chi connectivity index (χ2v) is 4.88. The maximum absolute atomic E-state index is 12.0. The monoisotopic (exact) mass is 270 g/mol. The Labute approximate surface area is 113 Å². The van der Waals surface area contributed by atoms with Crippen LogP contribution in [0.3, 0.4) is 0 Å². The quantitative estimate of drug-likeness (QED) is 0.686. The Hall–Kier alpha value is -1.59. The highest BCUT2D eigenvalue weighted by Crippen LogP contribution is 2.15. The molecule has 1 heterocycles. The topological polar surface area (TPSA) is 77.9 Å². The van der Waals surface area contributed by atoms with Crippen LogP contribution in [-0.2, 0) is 14.4 Å². The van der Waals surface area contributed by atoms with Crippen LogP contribution in [0.5, 0.6) is 0 Å². The molecule has 0 aromatic rings. The molecule has 1 atom stereocenters. The average molecular weight is 270 g/mol. The molecular weight excluding hydrogens is 248 g/mol. The van der Waals surface area contributed by atoms with Crippen LogP contribution in [-0.4, -0.2) is 59.4 Å². The van der Waals surface area contributed by atoms with E-state index in [0.717, 1.165) is 12.8 Å². The number of nitrogens with zero attached hydrogens (tertiary/aromatic N) is 2. The van der Waals surface area contributed by atoms with E-state index in [1.54, 1.807) is 9.80 Å². The fraction of sp³-hybridized carbons (Fsp3) is 0.769. The van der Waals surface area contributed by atoms with Crippen LogP contribution in [0.2, 0.25) is 0 Å². The van der Waals surface area contributed by atoms with Crippen LogP contribution in [0, 0.1) is 5.92 Å². The standard InChI is InChI=1S/C13H22N2O4/c1-2-3-11(13(18)19)4-5-12(17)15-8-6-14(10-16)7-9-15/h10-11H,2-9H2,1H3,(H,18,19). The summed E-state index contributed by atoms with van der Waals surface area (Å²) in [5.74, 6) is -1.25. The average Bonchev–Trinajstić information content (AvgIpc) is 2.42. The first-order chi connectivity index (χ1) is 9.08. The van der Waals surface area contributed by atoms with Crippen LogP contribution in [0.25, 0.3) is 0 Å². The third-order valence-electron chi connectivity index (χ3n) is 3.51. The lowest BCUT2D eigenvalue weighted by Gasteiger charge is -2.32. The molecular formula is C13H22N2O4. The van der Waals surface area contributed by atoms with E-state index in [4.69, 9.17) is 5.11 Å². The minimum absolute atomic E-state index is 0.00657. The van der Waals surface area contributed by atoms with Gasteiger partial charge in [-0.2, -0.15) is 0 Å². The smallest absolute Gasteiger partial charge is 0.306 e. The second kappa shape index (κ2) is 7.76. The van der Waals surface area contributed by atoms with Crippen molar-refractivity contribution in [3.05, 3.63) is 0 Å². The molecule has 0 aromatic carbocycles. The van der Waals surface area contributed by atoms with Crippen LogP contribution >= 0.6 is 0 Å². The SMILES string of the molecule is CCCC(CCC(=O)N1CCN(C=O)CC1)C(=O)O. The molecule has 0 spiro atoms. The summed E-state index contributed by atoms with van der Waals surface area (Å²) in [7, 11) is 0. The highest BCUT2D eigenvalue weighted by atomic mass is 16.4. The Morgan fingerprint density at radius 2 is 1.84 bits per heavy atom. The summed E-state index contributed by atoms with van der Waals surface area (Å²) in [4.78, 5) is 36.8. The Bertz CT molecular complexity index is 325. The fourth-order valence-electron chi connectivity index (χ4n) is 2.27. The van der Waals surface area contributed by atoms with E-state index in [1.807, 2.05) is 6.92 Å². The summed E-state index contributed by atoms with van der Waals surface area (Å²) in [5, 5.41) is 9.02. The van der Waals surface area contributed by atoms with E-state index in [-0.39, 0.29) is 12.3 Å². The number of rotatable bonds is 7. The molecule has 1 saturated heterocycles. The molecule has 1 unspecified atom stereocenters. The molecule has 2 amide bonds. The van der Waals surface area contributed by atoms with Gasteiger partial charge in [-0.05, 0) is 12.8 Å². The van der Waals surface area contributed by atoms with Crippen LogP contribution in [0.4, 0.5) is 0 Å². The minimum Gasteiger partial charge on any atom is -0.481 e. The van der Waals surface area contributed by atoms with Gasteiger partial charge in [0.2, 0.25) is 12.3 Å². The van der Waals surface area contributed by atoms with Gasteiger partial charge < -0.3 is 14.9 Å². The molecule has 0 aliphatic carbocycles. The lowest BCUT2D eigenvalue weighted by molar-refractivity contribution is -0.143. The lowest BCUT2D eigenvalue weighted by atomic mass is 9.98. The summed E-state index contributed by atoms with van der Waals surface area (Å²) < 4.78 is 0. The zero-order valence-electron chi connectivity index (χ0n) is 11.4. The van der Waals surface area contributed by atoms with Crippen molar-refractivity contribution < 1.29 is 19.5 Å². The third kappa shape index (κ3) is 4.89. The molecule has 19 heavy (non-hydrogen) atoms. The van der Waals surface area contributed by atoms with Crippen LogP contribution in [0.1, 0.15) is 32.6 Å². The molecule has 0 saturated carbocycles.